The third kappa shape index (κ3) is 62.7. The van der Waals surface area contributed by atoms with Gasteiger partial charge in [0.05, 0.1) is 0 Å². The lowest BCUT2D eigenvalue weighted by Gasteiger charge is -2.18. The van der Waals surface area contributed by atoms with Gasteiger partial charge in [-0.25, -0.2) is 0 Å². The molecule has 0 amide bonds. The van der Waals surface area contributed by atoms with Crippen LogP contribution in [0.3, 0.4) is 0 Å². The van der Waals surface area contributed by atoms with Gasteiger partial charge >= 0.3 is 17.9 Å². The molecule has 0 aliphatic heterocycles. The van der Waals surface area contributed by atoms with Gasteiger partial charge < -0.3 is 14.2 Å². The number of carbonyl (C=O) groups is 3. The topological polar surface area (TPSA) is 78.9 Å². The van der Waals surface area contributed by atoms with Gasteiger partial charge in [0.15, 0.2) is 6.10 Å². The van der Waals surface area contributed by atoms with E-state index in [0.29, 0.717) is 19.3 Å². The van der Waals surface area contributed by atoms with E-state index in [4.69, 9.17) is 14.2 Å². The van der Waals surface area contributed by atoms with E-state index in [2.05, 4.69) is 142 Å². The standard InChI is InChI=1S/C72H120O6/c1-4-7-10-13-16-19-22-25-28-31-33-35-36-38-39-41-44-47-50-53-56-59-62-65-71(74)77-68-69(67-76-70(73)64-61-58-55-52-49-46-43-30-27-24-21-18-15-12-9-6-3)78-72(75)66-63-60-57-54-51-48-45-42-40-37-34-32-29-26-23-20-17-14-11-8-5-2/h7-8,10-11,16-17,19-20,25-26,28-30,33-35,37-39,43,69H,4-6,9,12-15,18,21-24,27,31-32,36,40-42,44-68H2,1-3H3/b10-7-,11-8-,19-16-,20-17-,28-25-,29-26-,35-33-,37-34-,39-38-,43-30-. The summed E-state index contributed by atoms with van der Waals surface area (Å²) in [7, 11) is 0. The maximum Gasteiger partial charge on any atom is 0.306 e. The predicted molar refractivity (Wildman–Crippen MR) is 339 cm³/mol. The summed E-state index contributed by atoms with van der Waals surface area (Å²) in [5.74, 6) is -0.911. The third-order valence-electron chi connectivity index (χ3n) is 13.7. The second-order valence-corrected chi connectivity index (χ2v) is 21.3. The average molecular weight is 1080 g/mol. The summed E-state index contributed by atoms with van der Waals surface area (Å²) in [4.78, 5) is 38.4. The molecule has 0 N–H and O–H groups in total. The lowest BCUT2D eigenvalue weighted by Crippen LogP contribution is -2.30. The molecule has 0 spiro atoms. The summed E-state index contributed by atoms with van der Waals surface area (Å²) < 4.78 is 16.9. The average Bonchev–Trinajstić information content (AvgIpc) is 3.44. The Kier molecular flexibility index (Phi) is 61.8. The predicted octanol–water partition coefficient (Wildman–Crippen LogP) is 22.4. The Morgan fingerprint density at radius 3 is 0.795 bits per heavy atom. The zero-order chi connectivity index (χ0) is 56.4. The van der Waals surface area contributed by atoms with Gasteiger partial charge in [-0.15, -0.1) is 0 Å². The van der Waals surface area contributed by atoms with Gasteiger partial charge in [0.1, 0.15) is 13.2 Å². The first-order valence-electron chi connectivity index (χ1n) is 32.5. The molecule has 1 unspecified atom stereocenters. The molecular weight excluding hydrogens is 961 g/mol. The van der Waals surface area contributed by atoms with Crippen LogP contribution >= 0.6 is 0 Å². The molecule has 0 aromatic heterocycles. The number of carbonyl (C=O) groups excluding carboxylic acids is 3. The van der Waals surface area contributed by atoms with Crippen molar-refractivity contribution in [3.05, 3.63) is 122 Å². The van der Waals surface area contributed by atoms with Crippen molar-refractivity contribution in [1.82, 2.24) is 0 Å². The molecule has 0 rings (SSSR count). The van der Waals surface area contributed by atoms with Crippen LogP contribution < -0.4 is 0 Å². The molecule has 6 heteroatoms. The van der Waals surface area contributed by atoms with E-state index in [1.54, 1.807) is 0 Å². The van der Waals surface area contributed by atoms with Crippen LogP contribution in [0.15, 0.2) is 122 Å². The van der Waals surface area contributed by atoms with Crippen LogP contribution in [0.25, 0.3) is 0 Å². The van der Waals surface area contributed by atoms with Gasteiger partial charge in [-0.2, -0.15) is 0 Å². The monoisotopic (exact) mass is 1080 g/mol. The molecule has 444 valence electrons. The number of unbranched alkanes of at least 4 members (excludes halogenated alkanes) is 27. The van der Waals surface area contributed by atoms with Crippen LogP contribution in [0.5, 0.6) is 0 Å². The summed E-state index contributed by atoms with van der Waals surface area (Å²) in [5.41, 5.74) is 0. The van der Waals surface area contributed by atoms with Crippen molar-refractivity contribution in [1.29, 1.82) is 0 Å². The third-order valence-corrected chi connectivity index (χ3v) is 13.7. The molecule has 78 heavy (non-hydrogen) atoms. The molecule has 0 fully saturated rings. The summed E-state index contributed by atoms with van der Waals surface area (Å²) >= 11 is 0. The molecule has 0 aliphatic carbocycles. The second kappa shape index (κ2) is 65.3. The van der Waals surface area contributed by atoms with Crippen LogP contribution in [0.1, 0.15) is 297 Å². The van der Waals surface area contributed by atoms with E-state index in [-0.39, 0.29) is 31.1 Å². The number of allylic oxidation sites excluding steroid dienone is 20. The molecule has 0 aromatic rings. The second-order valence-electron chi connectivity index (χ2n) is 21.3. The molecule has 0 aromatic carbocycles. The number of esters is 3. The van der Waals surface area contributed by atoms with Crippen molar-refractivity contribution in [2.75, 3.05) is 13.2 Å². The lowest BCUT2D eigenvalue weighted by atomic mass is 10.1. The van der Waals surface area contributed by atoms with E-state index < -0.39 is 6.10 Å². The van der Waals surface area contributed by atoms with Gasteiger partial charge in [0, 0.05) is 19.3 Å². The fraction of sp³-hybridized carbons (Fsp3) is 0.681. The van der Waals surface area contributed by atoms with E-state index >= 15 is 0 Å². The molecule has 0 saturated heterocycles. The first-order chi connectivity index (χ1) is 38.5. The Morgan fingerprint density at radius 2 is 0.500 bits per heavy atom. The number of hydrogen-bond donors (Lipinski definition) is 0. The maximum atomic E-state index is 12.9. The first-order valence-corrected chi connectivity index (χ1v) is 32.5. The van der Waals surface area contributed by atoms with Gasteiger partial charge in [-0.1, -0.05) is 271 Å². The highest BCUT2D eigenvalue weighted by molar-refractivity contribution is 5.71. The number of rotatable bonds is 58. The minimum atomic E-state index is -0.796. The Labute approximate surface area is 482 Å². The Bertz CT molecular complexity index is 1620. The van der Waals surface area contributed by atoms with Gasteiger partial charge in [0.25, 0.3) is 0 Å². The molecular formula is C72H120O6. The van der Waals surface area contributed by atoms with E-state index in [0.717, 1.165) is 135 Å². The van der Waals surface area contributed by atoms with Crippen LogP contribution in [0.4, 0.5) is 0 Å². The summed E-state index contributed by atoms with van der Waals surface area (Å²) in [5, 5.41) is 0. The zero-order valence-electron chi connectivity index (χ0n) is 50.9. The van der Waals surface area contributed by atoms with Crippen molar-refractivity contribution < 1.29 is 28.6 Å². The van der Waals surface area contributed by atoms with Gasteiger partial charge in [-0.3, -0.25) is 14.4 Å². The van der Waals surface area contributed by atoms with Crippen molar-refractivity contribution >= 4 is 17.9 Å². The normalized spacial score (nSPS) is 12.9. The van der Waals surface area contributed by atoms with E-state index in [1.807, 2.05) is 0 Å². The highest BCUT2D eigenvalue weighted by Gasteiger charge is 2.19. The molecule has 1 atom stereocenters. The van der Waals surface area contributed by atoms with Crippen LogP contribution in [-0.2, 0) is 28.6 Å². The Balaban J connectivity index is 4.43. The SMILES string of the molecule is CC/C=C\C/C=C\C/C=C\C/C=C\C/C=C\CCCCCCCCCC(=O)OCC(COC(=O)CCCCCCC/C=C\CCCCCCCCC)OC(=O)CCCCCCCCCC/C=C\C/C=C\C/C=C\C/C=C\CC. The highest BCUT2D eigenvalue weighted by atomic mass is 16.6. The smallest absolute Gasteiger partial charge is 0.306 e. The maximum absolute atomic E-state index is 12.9. The minimum absolute atomic E-state index is 0.0909. The summed E-state index contributed by atoms with van der Waals surface area (Å²) in [6.45, 7) is 6.41. The first kappa shape index (κ1) is 73.8. The van der Waals surface area contributed by atoms with Gasteiger partial charge in [0.2, 0.25) is 0 Å². The Morgan fingerprint density at radius 1 is 0.269 bits per heavy atom. The highest BCUT2D eigenvalue weighted by Crippen LogP contribution is 2.15. The zero-order valence-corrected chi connectivity index (χ0v) is 50.9. The van der Waals surface area contributed by atoms with E-state index in [1.165, 1.54) is 122 Å². The molecule has 0 heterocycles. The molecule has 6 nitrogen and oxygen atoms in total. The summed E-state index contributed by atoms with van der Waals surface area (Å²) in [6.07, 6.45) is 90.5. The van der Waals surface area contributed by atoms with Crippen molar-refractivity contribution in [3.8, 4) is 0 Å². The molecule has 0 radical (unpaired) electrons. The van der Waals surface area contributed by atoms with Gasteiger partial charge in [-0.05, 0) is 128 Å². The lowest BCUT2D eigenvalue weighted by molar-refractivity contribution is -0.167. The molecule has 0 bridgehead atoms. The minimum Gasteiger partial charge on any atom is -0.462 e. The quantitative estimate of drug-likeness (QED) is 0.0261. The van der Waals surface area contributed by atoms with Crippen molar-refractivity contribution in [2.45, 2.75) is 303 Å². The van der Waals surface area contributed by atoms with Crippen LogP contribution in [0.2, 0.25) is 0 Å². The molecule has 0 aliphatic rings. The van der Waals surface area contributed by atoms with Crippen LogP contribution in [-0.4, -0.2) is 37.2 Å². The fourth-order valence-electron chi connectivity index (χ4n) is 8.87. The Hall–Kier alpha value is -4.19. The number of ether oxygens (including phenoxy) is 3. The van der Waals surface area contributed by atoms with Crippen LogP contribution in [0, 0.1) is 0 Å². The number of hydrogen-bond acceptors (Lipinski definition) is 6. The summed E-state index contributed by atoms with van der Waals surface area (Å²) in [6, 6.07) is 0. The molecule has 0 saturated carbocycles. The van der Waals surface area contributed by atoms with Crippen molar-refractivity contribution in [3.63, 3.8) is 0 Å². The van der Waals surface area contributed by atoms with Crippen molar-refractivity contribution in [2.24, 2.45) is 0 Å². The fourth-order valence-corrected chi connectivity index (χ4v) is 8.87. The van der Waals surface area contributed by atoms with E-state index in [9.17, 15) is 14.4 Å². The largest absolute Gasteiger partial charge is 0.462 e.